The van der Waals surface area contributed by atoms with E-state index in [1.807, 2.05) is 6.07 Å². The van der Waals surface area contributed by atoms with Gasteiger partial charge in [-0.15, -0.1) is 5.92 Å². The van der Waals surface area contributed by atoms with Gasteiger partial charge in [-0.3, -0.25) is 9.59 Å². The van der Waals surface area contributed by atoms with Gasteiger partial charge < -0.3 is 19.5 Å². The van der Waals surface area contributed by atoms with Gasteiger partial charge in [0.1, 0.15) is 17.3 Å². The van der Waals surface area contributed by atoms with E-state index >= 15 is 0 Å². The average Bonchev–Trinajstić information content (AvgIpc) is 2.83. The van der Waals surface area contributed by atoms with Crippen molar-refractivity contribution in [1.82, 2.24) is 4.90 Å². The van der Waals surface area contributed by atoms with E-state index in [9.17, 15) is 14.7 Å². The maximum atomic E-state index is 13.3. The Labute approximate surface area is 205 Å². The lowest BCUT2D eigenvalue weighted by Gasteiger charge is -2.29. The zero-order chi connectivity index (χ0) is 24.7. The molecule has 0 spiro atoms. The molecule has 0 aliphatic carbocycles. The summed E-state index contributed by atoms with van der Waals surface area (Å²) in [6, 6.07) is 10.5. The standard InChI is InChI=1S/C27H30ClNO5/c1-4-9-18-16-20(28)25(24(17-18)34-3)26-21(30)11-7-14-29(15-8-12-22(26)31)27(32)19-10-5-6-13-23(19)33-2/h5-6,10,13,16-17,21,26,30H,7-8,11-12,14-15H2,1-3H3. The molecule has 2 aromatic rings. The molecule has 2 unspecified atom stereocenters. The Kier molecular flexibility index (Phi) is 8.98. The monoisotopic (exact) mass is 483 g/mol. The number of ether oxygens (including phenoxy) is 2. The Balaban J connectivity index is 1.84. The number of hydrogen-bond donors (Lipinski definition) is 1. The number of rotatable bonds is 4. The van der Waals surface area contributed by atoms with E-state index in [1.165, 1.54) is 14.2 Å². The molecule has 0 radical (unpaired) electrons. The number of carbonyl (C=O) groups excluding carboxylic acids is 2. The predicted molar refractivity (Wildman–Crippen MR) is 132 cm³/mol. The summed E-state index contributed by atoms with van der Waals surface area (Å²) < 4.78 is 10.9. The Morgan fingerprint density at radius 3 is 2.53 bits per heavy atom. The fourth-order valence-electron chi connectivity index (χ4n) is 4.41. The lowest BCUT2D eigenvalue weighted by atomic mass is 9.84. The number of nitrogens with zero attached hydrogens (tertiary/aromatic N) is 1. The summed E-state index contributed by atoms with van der Waals surface area (Å²) in [6.45, 7) is 2.62. The molecule has 3 rings (SSSR count). The minimum absolute atomic E-state index is 0.131. The highest BCUT2D eigenvalue weighted by Gasteiger charge is 2.34. The quantitative estimate of drug-likeness (QED) is 0.650. The lowest BCUT2D eigenvalue weighted by Crippen LogP contribution is -2.36. The number of benzene rings is 2. The molecule has 0 saturated carbocycles. The smallest absolute Gasteiger partial charge is 0.257 e. The third kappa shape index (κ3) is 5.72. The highest BCUT2D eigenvalue weighted by atomic mass is 35.5. The molecule has 7 heteroatoms. The van der Waals surface area contributed by atoms with Gasteiger partial charge in [-0.2, -0.15) is 0 Å². The minimum atomic E-state index is -0.955. The van der Waals surface area contributed by atoms with Crippen molar-refractivity contribution >= 4 is 23.3 Å². The molecule has 1 aliphatic rings. The highest BCUT2D eigenvalue weighted by Crippen LogP contribution is 2.39. The molecule has 34 heavy (non-hydrogen) atoms. The fraction of sp³-hybridized carbons (Fsp3) is 0.407. The van der Waals surface area contributed by atoms with Crippen molar-refractivity contribution in [3.8, 4) is 23.3 Å². The van der Waals surface area contributed by atoms with Gasteiger partial charge in [0.15, 0.2) is 0 Å². The Hall–Kier alpha value is -3.01. The van der Waals surface area contributed by atoms with E-state index in [1.54, 1.807) is 42.2 Å². The maximum absolute atomic E-state index is 13.3. The van der Waals surface area contributed by atoms with E-state index in [0.29, 0.717) is 65.6 Å². The van der Waals surface area contributed by atoms with Gasteiger partial charge in [0.25, 0.3) is 5.91 Å². The maximum Gasteiger partial charge on any atom is 0.257 e. The molecule has 1 heterocycles. The fourth-order valence-corrected chi connectivity index (χ4v) is 4.74. The van der Waals surface area contributed by atoms with Gasteiger partial charge in [0.2, 0.25) is 0 Å². The molecule has 1 fully saturated rings. The van der Waals surface area contributed by atoms with Crippen LogP contribution in [0.3, 0.4) is 0 Å². The predicted octanol–water partition coefficient (Wildman–Crippen LogP) is 4.46. The van der Waals surface area contributed by atoms with Crippen LogP contribution in [0.15, 0.2) is 36.4 Å². The molecule has 0 aromatic heterocycles. The second-order valence-electron chi connectivity index (χ2n) is 8.20. The summed E-state index contributed by atoms with van der Waals surface area (Å²) in [5.74, 6) is 5.64. The van der Waals surface area contributed by atoms with Gasteiger partial charge in [0, 0.05) is 35.7 Å². The van der Waals surface area contributed by atoms with Crippen molar-refractivity contribution in [3.05, 3.63) is 58.1 Å². The van der Waals surface area contributed by atoms with Crippen LogP contribution in [0, 0.1) is 11.8 Å². The van der Waals surface area contributed by atoms with Crippen molar-refractivity contribution in [2.75, 3.05) is 27.3 Å². The number of methoxy groups -OCH3 is 2. The van der Waals surface area contributed by atoms with E-state index in [-0.39, 0.29) is 18.1 Å². The van der Waals surface area contributed by atoms with Crippen LogP contribution in [-0.4, -0.2) is 55.1 Å². The van der Waals surface area contributed by atoms with Crippen LogP contribution in [0.4, 0.5) is 0 Å². The molecule has 1 aliphatic heterocycles. The van der Waals surface area contributed by atoms with E-state index in [0.717, 1.165) is 0 Å². The largest absolute Gasteiger partial charge is 0.496 e. The molecule has 1 amide bonds. The molecule has 0 bridgehead atoms. The van der Waals surface area contributed by atoms with Crippen LogP contribution in [0.1, 0.15) is 60.0 Å². The third-order valence-corrected chi connectivity index (χ3v) is 6.34. The molecule has 6 nitrogen and oxygen atoms in total. The van der Waals surface area contributed by atoms with Crippen LogP contribution in [-0.2, 0) is 4.79 Å². The number of hydrogen-bond acceptors (Lipinski definition) is 5. The SMILES string of the molecule is CC#Cc1cc(Cl)c(C2C(=O)CCCN(C(=O)c3ccccc3OC)CCCC2O)c(OC)c1. The second-order valence-corrected chi connectivity index (χ2v) is 8.61. The van der Waals surface area contributed by atoms with Crippen LogP contribution in [0.2, 0.25) is 5.02 Å². The van der Waals surface area contributed by atoms with Crippen LogP contribution in [0.25, 0.3) is 0 Å². The first-order valence-corrected chi connectivity index (χ1v) is 11.7. The molecule has 180 valence electrons. The van der Waals surface area contributed by atoms with Gasteiger partial charge >= 0.3 is 0 Å². The first-order valence-electron chi connectivity index (χ1n) is 11.3. The average molecular weight is 484 g/mol. The third-order valence-electron chi connectivity index (χ3n) is 6.03. The number of Topliss-reactive ketones (excluding diaryl/α,β-unsaturated/α-hetero) is 1. The molecule has 1 saturated heterocycles. The first kappa shape index (κ1) is 25.6. The van der Waals surface area contributed by atoms with E-state index in [2.05, 4.69) is 11.8 Å². The number of aliphatic hydroxyl groups is 1. The summed E-state index contributed by atoms with van der Waals surface area (Å²) in [4.78, 5) is 28.2. The number of aliphatic hydroxyl groups excluding tert-OH is 1. The van der Waals surface area contributed by atoms with Crippen LogP contribution in [0.5, 0.6) is 11.5 Å². The van der Waals surface area contributed by atoms with Crippen LogP contribution < -0.4 is 9.47 Å². The zero-order valence-corrected chi connectivity index (χ0v) is 20.5. The Morgan fingerprint density at radius 2 is 1.82 bits per heavy atom. The summed E-state index contributed by atoms with van der Waals surface area (Å²) in [5.41, 5.74) is 1.66. The number of ketones is 1. The number of carbonyl (C=O) groups is 2. The van der Waals surface area contributed by atoms with Crippen molar-refractivity contribution in [2.45, 2.75) is 44.6 Å². The van der Waals surface area contributed by atoms with Crippen molar-refractivity contribution < 1.29 is 24.2 Å². The van der Waals surface area contributed by atoms with Crippen molar-refractivity contribution in [3.63, 3.8) is 0 Å². The molecule has 1 N–H and O–H groups in total. The topological polar surface area (TPSA) is 76.1 Å². The summed E-state index contributed by atoms with van der Waals surface area (Å²) in [7, 11) is 3.04. The number of halogens is 1. The first-order chi connectivity index (χ1) is 16.4. The minimum Gasteiger partial charge on any atom is -0.496 e. The van der Waals surface area contributed by atoms with Gasteiger partial charge in [0.05, 0.1) is 31.8 Å². The van der Waals surface area contributed by atoms with Gasteiger partial charge in [-0.05, 0) is 50.5 Å². The van der Waals surface area contributed by atoms with E-state index < -0.39 is 12.0 Å². The molecular weight excluding hydrogens is 454 g/mol. The number of para-hydroxylation sites is 1. The van der Waals surface area contributed by atoms with Crippen molar-refractivity contribution in [2.24, 2.45) is 0 Å². The highest BCUT2D eigenvalue weighted by molar-refractivity contribution is 6.32. The number of amides is 1. The lowest BCUT2D eigenvalue weighted by molar-refractivity contribution is -0.123. The summed E-state index contributed by atoms with van der Waals surface area (Å²) in [6.07, 6.45) is 0.589. The zero-order valence-electron chi connectivity index (χ0n) is 19.8. The summed E-state index contributed by atoms with van der Waals surface area (Å²) in [5, 5.41) is 11.4. The van der Waals surface area contributed by atoms with Crippen LogP contribution >= 0.6 is 11.6 Å². The molecule has 2 atom stereocenters. The van der Waals surface area contributed by atoms with Gasteiger partial charge in [-0.1, -0.05) is 29.7 Å². The Bertz CT molecular complexity index is 1100. The Morgan fingerprint density at radius 1 is 1.12 bits per heavy atom. The second kappa shape index (κ2) is 11.9. The van der Waals surface area contributed by atoms with Gasteiger partial charge in [-0.25, -0.2) is 0 Å². The molecular formula is C27H30ClNO5. The van der Waals surface area contributed by atoms with E-state index in [4.69, 9.17) is 21.1 Å². The normalized spacial score (nSPS) is 19.1. The van der Waals surface area contributed by atoms with Crippen molar-refractivity contribution in [1.29, 1.82) is 0 Å². The molecule has 2 aromatic carbocycles. The summed E-state index contributed by atoms with van der Waals surface area (Å²) >= 11 is 6.57.